The average Bonchev–Trinajstić information content (AvgIpc) is 3.36. The van der Waals surface area contributed by atoms with Crippen LogP contribution in [0, 0.1) is 0 Å². The number of nitrogens with one attached hydrogen (secondary N) is 1. The summed E-state index contributed by atoms with van der Waals surface area (Å²) in [7, 11) is -2.38. The van der Waals surface area contributed by atoms with Crippen molar-refractivity contribution in [3.8, 4) is 22.6 Å². The van der Waals surface area contributed by atoms with Crippen molar-refractivity contribution in [3.63, 3.8) is 0 Å². The van der Waals surface area contributed by atoms with E-state index in [2.05, 4.69) is 19.4 Å². The molecule has 0 saturated carbocycles. The first kappa shape index (κ1) is 21.4. The Kier molecular flexibility index (Phi) is 5.34. The Bertz CT molecular complexity index is 1650. The van der Waals surface area contributed by atoms with E-state index in [4.69, 9.17) is 4.74 Å². The Morgan fingerprint density at radius 3 is 2.62 bits per heavy atom. The highest BCUT2D eigenvalue weighted by atomic mass is 32.2. The van der Waals surface area contributed by atoms with E-state index >= 15 is 0 Å². The van der Waals surface area contributed by atoms with Crippen LogP contribution in [0.3, 0.4) is 0 Å². The first-order valence-corrected chi connectivity index (χ1v) is 11.6. The van der Waals surface area contributed by atoms with E-state index in [-0.39, 0.29) is 16.3 Å². The Balaban J connectivity index is 1.66. The molecule has 0 saturated heterocycles. The molecule has 0 aliphatic heterocycles. The maximum absolute atomic E-state index is 13.0. The molecule has 2 aromatic carbocycles. The number of aromatic nitrogens is 3. The van der Waals surface area contributed by atoms with Gasteiger partial charge in [0.1, 0.15) is 12.0 Å². The second kappa shape index (κ2) is 8.49. The molecule has 1 N–H and O–H groups in total. The van der Waals surface area contributed by atoms with E-state index in [9.17, 15) is 13.2 Å². The van der Waals surface area contributed by atoms with Gasteiger partial charge in [-0.1, -0.05) is 17.3 Å². The zero-order valence-electron chi connectivity index (χ0n) is 17.9. The minimum atomic E-state index is -3.91. The normalized spacial score (nSPS) is 11.4. The molecule has 10 heteroatoms. The van der Waals surface area contributed by atoms with Crippen molar-refractivity contribution in [3.05, 3.63) is 95.7 Å². The number of nitrogens with zero attached hydrogens (tertiary/aromatic N) is 3. The van der Waals surface area contributed by atoms with Crippen molar-refractivity contribution >= 4 is 26.7 Å². The molecule has 5 rings (SSSR count). The third-order valence-electron chi connectivity index (χ3n) is 5.27. The lowest BCUT2D eigenvalue weighted by atomic mass is 10.1. The Morgan fingerprint density at radius 2 is 1.88 bits per heavy atom. The fraction of sp³-hybridized carbons (Fsp3) is 0.0417. The number of ether oxygens (including phenoxy) is 1. The van der Waals surface area contributed by atoms with Gasteiger partial charge in [-0.3, -0.25) is 19.1 Å². The monoisotopic (exact) mass is 474 g/mol. The Morgan fingerprint density at radius 1 is 1.00 bits per heavy atom. The van der Waals surface area contributed by atoms with Gasteiger partial charge in [0.25, 0.3) is 15.6 Å². The standard InChI is InChI=1S/C24H18N4O5S/c1-32-22-8-4-16(18-3-2-11-25-15-18)14-21(22)28-20-7-6-19(13-17(20)5-9-24(28)29)34(30,31)27-23-10-12-33-26-23/h2-15H,1H3,(H,26,27). The highest BCUT2D eigenvalue weighted by Gasteiger charge is 2.18. The second-order valence-electron chi connectivity index (χ2n) is 7.35. The van der Waals surface area contributed by atoms with E-state index in [1.165, 1.54) is 42.2 Å². The molecule has 3 heterocycles. The number of hydrogen-bond donors (Lipinski definition) is 1. The minimum absolute atomic E-state index is 0.0178. The lowest BCUT2D eigenvalue weighted by molar-refractivity contribution is 0.413. The van der Waals surface area contributed by atoms with Crippen molar-refractivity contribution in [2.75, 3.05) is 11.8 Å². The summed E-state index contributed by atoms with van der Waals surface area (Å²) in [4.78, 5) is 17.2. The van der Waals surface area contributed by atoms with Gasteiger partial charge in [-0.25, -0.2) is 8.42 Å². The van der Waals surface area contributed by atoms with Crippen LogP contribution >= 0.6 is 0 Å². The Hall–Kier alpha value is -4.44. The summed E-state index contributed by atoms with van der Waals surface area (Å²) in [6.07, 6.45) is 4.69. The first-order valence-electron chi connectivity index (χ1n) is 10.1. The van der Waals surface area contributed by atoms with E-state index in [1.54, 1.807) is 30.6 Å². The molecule has 5 aromatic rings. The van der Waals surface area contributed by atoms with E-state index in [1.807, 2.05) is 24.3 Å². The summed E-state index contributed by atoms with van der Waals surface area (Å²) in [5, 5.41) is 4.13. The predicted octanol–water partition coefficient (Wildman–Crippen LogP) is 3.85. The number of rotatable bonds is 6. The van der Waals surface area contributed by atoms with Crippen LogP contribution in [0.1, 0.15) is 0 Å². The third kappa shape index (κ3) is 3.90. The van der Waals surface area contributed by atoms with Crippen molar-refractivity contribution in [1.29, 1.82) is 0 Å². The molecule has 9 nitrogen and oxygen atoms in total. The van der Waals surface area contributed by atoms with Crippen LogP contribution in [-0.2, 0) is 10.0 Å². The van der Waals surface area contributed by atoms with Gasteiger partial charge in [0.2, 0.25) is 0 Å². The topological polar surface area (TPSA) is 116 Å². The molecule has 170 valence electrons. The first-order chi connectivity index (χ1) is 16.5. The third-order valence-corrected chi connectivity index (χ3v) is 6.62. The fourth-order valence-corrected chi connectivity index (χ4v) is 4.71. The van der Waals surface area contributed by atoms with E-state index in [0.29, 0.717) is 22.3 Å². The van der Waals surface area contributed by atoms with Crippen LogP contribution in [0.4, 0.5) is 5.82 Å². The molecule has 0 aliphatic rings. The van der Waals surface area contributed by atoms with Gasteiger partial charge in [-0.2, -0.15) is 0 Å². The van der Waals surface area contributed by atoms with Gasteiger partial charge in [-0.15, -0.1) is 0 Å². The molecule has 0 radical (unpaired) electrons. The summed E-state index contributed by atoms with van der Waals surface area (Å²) in [6.45, 7) is 0. The SMILES string of the molecule is COc1ccc(-c2cccnc2)cc1-n1c(=O)ccc2cc(S(=O)(=O)Nc3ccon3)ccc21. The summed E-state index contributed by atoms with van der Waals surface area (Å²) >= 11 is 0. The van der Waals surface area contributed by atoms with Gasteiger partial charge in [-0.05, 0) is 48.0 Å². The molecule has 0 aliphatic carbocycles. The van der Waals surface area contributed by atoms with Crippen LogP contribution in [0.5, 0.6) is 5.75 Å². The van der Waals surface area contributed by atoms with E-state index in [0.717, 1.165) is 11.1 Å². The van der Waals surface area contributed by atoms with Crippen molar-refractivity contribution in [1.82, 2.24) is 14.7 Å². The number of sulfonamides is 1. The Labute approximate surface area is 194 Å². The zero-order valence-corrected chi connectivity index (χ0v) is 18.7. The van der Waals surface area contributed by atoms with Gasteiger partial charge in [0.15, 0.2) is 5.82 Å². The van der Waals surface area contributed by atoms with Crippen molar-refractivity contribution in [2.24, 2.45) is 0 Å². The summed E-state index contributed by atoms with van der Waals surface area (Å²) in [5.74, 6) is 0.564. The average molecular weight is 474 g/mol. The highest BCUT2D eigenvalue weighted by molar-refractivity contribution is 7.92. The number of methoxy groups -OCH3 is 1. The lowest BCUT2D eigenvalue weighted by Gasteiger charge is -2.16. The molecule has 34 heavy (non-hydrogen) atoms. The summed E-state index contributed by atoms with van der Waals surface area (Å²) < 4.78 is 39.6. The number of hydrogen-bond acceptors (Lipinski definition) is 7. The minimum Gasteiger partial charge on any atom is -0.495 e. The number of benzene rings is 2. The van der Waals surface area contributed by atoms with Crippen LogP contribution in [0.2, 0.25) is 0 Å². The molecule has 0 unspecified atom stereocenters. The summed E-state index contributed by atoms with van der Waals surface area (Å²) in [6, 6.07) is 18.1. The smallest absolute Gasteiger partial charge is 0.263 e. The molecule has 0 amide bonds. The lowest BCUT2D eigenvalue weighted by Crippen LogP contribution is -2.19. The quantitative estimate of drug-likeness (QED) is 0.397. The van der Waals surface area contributed by atoms with Gasteiger partial charge >= 0.3 is 0 Å². The van der Waals surface area contributed by atoms with Crippen LogP contribution in [0.25, 0.3) is 27.7 Å². The van der Waals surface area contributed by atoms with Gasteiger partial charge in [0, 0.05) is 35.5 Å². The molecule has 0 atom stereocenters. The highest BCUT2D eigenvalue weighted by Crippen LogP contribution is 2.31. The fourth-order valence-electron chi connectivity index (χ4n) is 3.68. The molecular weight excluding hydrogens is 456 g/mol. The van der Waals surface area contributed by atoms with Crippen molar-refractivity contribution in [2.45, 2.75) is 4.90 Å². The van der Waals surface area contributed by atoms with Gasteiger partial charge in [0.05, 0.1) is 23.2 Å². The van der Waals surface area contributed by atoms with Gasteiger partial charge < -0.3 is 9.26 Å². The maximum Gasteiger partial charge on any atom is 0.263 e. The van der Waals surface area contributed by atoms with Crippen molar-refractivity contribution < 1.29 is 17.7 Å². The number of anilines is 1. The molecule has 0 spiro atoms. The number of fused-ring (bicyclic) bond motifs is 1. The molecule has 0 bridgehead atoms. The van der Waals surface area contributed by atoms with E-state index < -0.39 is 10.0 Å². The van der Waals surface area contributed by atoms with Crippen LogP contribution in [-0.4, -0.2) is 30.2 Å². The molecule has 0 fully saturated rings. The largest absolute Gasteiger partial charge is 0.495 e. The van der Waals surface area contributed by atoms with Crippen LogP contribution in [0.15, 0.2) is 99.6 Å². The number of pyridine rings is 2. The van der Waals surface area contributed by atoms with Crippen LogP contribution < -0.4 is 15.0 Å². The summed E-state index contributed by atoms with van der Waals surface area (Å²) in [5.41, 5.74) is 2.49. The molecular formula is C24H18N4O5S. The maximum atomic E-state index is 13.0. The second-order valence-corrected chi connectivity index (χ2v) is 9.03. The zero-order chi connectivity index (χ0) is 23.7. The molecule has 3 aromatic heterocycles. The predicted molar refractivity (Wildman–Crippen MR) is 127 cm³/mol.